The number of ether oxygens (including phenoxy) is 2. The van der Waals surface area contributed by atoms with E-state index in [0.29, 0.717) is 12.1 Å². The van der Waals surface area contributed by atoms with Crippen molar-refractivity contribution >= 4 is 12.3 Å². The van der Waals surface area contributed by atoms with E-state index in [-0.39, 0.29) is 11.8 Å². The number of esters is 1. The molecule has 1 aromatic carbocycles. The molecule has 0 N–H and O–H groups in total. The summed E-state index contributed by atoms with van der Waals surface area (Å²) in [5, 5.41) is 8.75. The monoisotopic (exact) mass is 273 g/mol. The first-order valence-corrected chi connectivity index (χ1v) is 4.69. The highest BCUT2D eigenvalue weighted by Gasteiger charge is 2.32. The van der Waals surface area contributed by atoms with E-state index in [9.17, 15) is 22.8 Å². The van der Waals surface area contributed by atoms with Crippen LogP contribution in [-0.2, 0) is 4.74 Å². The van der Waals surface area contributed by atoms with E-state index in [1.165, 1.54) is 6.07 Å². The fourth-order valence-electron chi connectivity index (χ4n) is 1.32. The van der Waals surface area contributed by atoms with Crippen LogP contribution in [0.25, 0.3) is 0 Å². The number of carbonyl (C=O) groups is 2. The molecule has 5 nitrogen and oxygen atoms in total. The minimum atomic E-state index is -4.98. The molecular weight excluding hydrogens is 267 g/mol. The first-order chi connectivity index (χ1) is 8.82. The van der Waals surface area contributed by atoms with Gasteiger partial charge in [0.05, 0.1) is 18.2 Å². The van der Waals surface area contributed by atoms with Crippen molar-refractivity contribution in [3.05, 3.63) is 28.8 Å². The third kappa shape index (κ3) is 3.45. The Morgan fingerprint density at radius 2 is 2.05 bits per heavy atom. The molecular formula is C11H6F3NO4. The van der Waals surface area contributed by atoms with Crippen molar-refractivity contribution in [2.24, 2.45) is 0 Å². The number of aldehydes is 1. The topological polar surface area (TPSA) is 76.4 Å². The fourth-order valence-corrected chi connectivity index (χ4v) is 1.32. The molecule has 100 valence electrons. The van der Waals surface area contributed by atoms with Crippen LogP contribution in [0.15, 0.2) is 12.1 Å². The number of rotatable bonds is 3. The highest BCUT2D eigenvalue weighted by molar-refractivity contribution is 6.00. The van der Waals surface area contributed by atoms with Gasteiger partial charge in [-0.15, -0.1) is 13.2 Å². The van der Waals surface area contributed by atoms with Crippen molar-refractivity contribution in [3.63, 3.8) is 0 Å². The highest BCUT2D eigenvalue weighted by atomic mass is 19.4. The molecule has 0 bridgehead atoms. The van der Waals surface area contributed by atoms with Gasteiger partial charge in [-0.1, -0.05) is 0 Å². The molecule has 0 atom stereocenters. The number of hydrogen-bond donors (Lipinski definition) is 0. The van der Waals surface area contributed by atoms with E-state index < -0.39 is 29.2 Å². The molecule has 8 heteroatoms. The standard InChI is InChI=1S/C11H6F3NO4/c1-18-10(17)8-3-7(19-11(12,13)14)2-6(4-15)9(8)5-16/h2-3,5H,1H3. The van der Waals surface area contributed by atoms with Crippen LogP contribution in [0.3, 0.4) is 0 Å². The zero-order valence-electron chi connectivity index (χ0n) is 9.45. The second-order valence-corrected chi connectivity index (χ2v) is 3.20. The Kier molecular flexibility index (Phi) is 4.11. The SMILES string of the molecule is COC(=O)c1cc(OC(F)(F)F)cc(C#N)c1C=O. The van der Waals surface area contributed by atoms with Crippen molar-refractivity contribution in [1.29, 1.82) is 5.26 Å². The average Bonchev–Trinajstić information content (AvgIpc) is 2.34. The number of hydrogen-bond acceptors (Lipinski definition) is 5. The van der Waals surface area contributed by atoms with Crippen LogP contribution in [0, 0.1) is 11.3 Å². The van der Waals surface area contributed by atoms with Crippen molar-refractivity contribution in [1.82, 2.24) is 0 Å². The third-order valence-electron chi connectivity index (χ3n) is 2.03. The highest BCUT2D eigenvalue weighted by Crippen LogP contribution is 2.27. The van der Waals surface area contributed by atoms with Crippen LogP contribution in [0.5, 0.6) is 5.75 Å². The van der Waals surface area contributed by atoms with Crippen molar-refractivity contribution in [3.8, 4) is 11.8 Å². The van der Waals surface area contributed by atoms with E-state index in [0.717, 1.165) is 7.11 Å². The van der Waals surface area contributed by atoms with Gasteiger partial charge in [0, 0.05) is 5.56 Å². The Labute approximate surface area is 105 Å². The molecule has 0 saturated carbocycles. The summed E-state index contributed by atoms with van der Waals surface area (Å²) >= 11 is 0. The van der Waals surface area contributed by atoms with Crippen LogP contribution in [0.1, 0.15) is 26.3 Å². The fraction of sp³-hybridized carbons (Fsp3) is 0.182. The number of nitrogens with zero attached hydrogens (tertiary/aromatic N) is 1. The second-order valence-electron chi connectivity index (χ2n) is 3.20. The van der Waals surface area contributed by atoms with Gasteiger partial charge in [-0.3, -0.25) is 4.79 Å². The summed E-state index contributed by atoms with van der Waals surface area (Å²) in [4.78, 5) is 22.2. The Morgan fingerprint density at radius 1 is 1.42 bits per heavy atom. The number of nitriles is 1. The normalized spacial score (nSPS) is 10.5. The summed E-state index contributed by atoms with van der Waals surface area (Å²) in [6, 6.07) is 2.90. The van der Waals surface area contributed by atoms with Crippen LogP contribution < -0.4 is 4.74 Å². The molecule has 0 aliphatic rings. The van der Waals surface area contributed by atoms with E-state index in [1.807, 2.05) is 0 Å². The molecule has 0 aliphatic carbocycles. The number of methoxy groups -OCH3 is 1. The summed E-state index contributed by atoms with van der Waals surface area (Å²) in [7, 11) is 0.986. The average molecular weight is 273 g/mol. The second kappa shape index (κ2) is 5.39. The van der Waals surface area contributed by atoms with Gasteiger partial charge in [-0.05, 0) is 12.1 Å². The Balaban J connectivity index is 3.43. The summed E-state index contributed by atoms with van der Waals surface area (Å²) in [5.74, 6) is -1.83. The van der Waals surface area contributed by atoms with Crippen molar-refractivity contribution in [2.45, 2.75) is 6.36 Å². The van der Waals surface area contributed by atoms with Crippen LogP contribution in [-0.4, -0.2) is 25.7 Å². The Hall–Kier alpha value is -2.56. The smallest absolute Gasteiger partial charge is 0.465 e. The molecule has 0 heterocycles. The third-order valence-corrected chi connectivity index (χ3v) is 2.03. The number of benzene rings is 1. The van der Waals surface area contributed by atoms with E-state index >= 15 is 0 Å². The molecule has 0 spiro atoms. The lowest BCUT2D eigenvalue weighted by Gasteiger charge is -2.11. The van der Waals surface area contributed by atoms with Gasteiger partial charge in [0.15, 0.2) is 6.29 Å². The maximum atomic E-state index is 12.1. The molecule has 0 radical (unpaired) electrons. The van der Waals surface area contributed by atoms with Crippen molar-refractivity contribution < 1.29 is 32.2 Å². The van der Waals surface area contributed by atoms with Gasteiger partial charge in [0.2, 0.25) is 0 Å². The number of carbonyl (C=O) groups excluding carboxylic acids is 2. The lowest BCUT2D eigenvalue weighted by molar-refractivity contribution is -0.274. The van der Waals surface area contributed by atoms with Gasteiger partial charge >= 0.3 is 12.3 Å². The summed E-state index contributed by atoms with van der Waals surface area (Å²) in [6.45, 7) is 0. The van der Waals surface area contributed by atoms with Crippen LogP contribution in [0.4, 0.5) is 13.2 Å². The molecule has 1 rings (SSSR count). The molecule has 19 heavy (non-hydrogen) atoms. The van der Waals surface area contributed by atoms with Crippen LogP contribution in [0.2, 0.25) is 0 Å². The molecule has 0 saturated heterocycles. The van der Waals surface area contributed by atoms with Crippen molar-refractivity contribution in [2.75, 3.05) is 7.11 Å². The van der Waals surface area contributed by atoms with E-state index in [4.69, 9.17) is 5.26 Å². The maximum Gasteiger partial charge on any atom is 0.573 e. The van der Waals surface area contributed by atoms with Gasteiger partial charge in [0.25, 0.3) is 0 Å². The Bertz CT molecular complexity index is 560. The lowest BCUT2D eigenvalue weighted by Crippen LogP contribution is -2.18. The largest absolute Gasteiger partial charge is 0.573 e. The van der Waals surface area contributed by atoms with E-state index in [2.05, 4.69) is 9.47 Å². The zero-order valence-corrected chi connectivity index (χ0v) is 9.45. The Morgan fingerprint density at radius 3 is 2.47 bits per heavy atom. The van der Waals surface area contributed by atoms with Gasteiger partial charge in [-0.25, -0.2) is 4.79 Å². The molecule has 0 aromatic heterocycles. The zero-order chi connectivity index (χ0) is 14.6. The first-order valence-electron chi connectivity index (χ1n) is 4.69. The number of alkyl halides is 3. The van der Waals surface area contributed by atoms with Gasteiger partial charge in [0.1, 0.15) is 11.8 Å². The van der Waals surface area contributed by atoms with Crippen LogP contribution >= 0.6 is 0 Å². The predicted octanol–water partition coefficient (Wildman–Crippen LogP) is 2.06. The molecule has 0 aliphatic heterocycles. The van der Waals surface area contributed by atoms with Gasteiger partial charge < -0.3 is 9.47 Å². The number of halogens is 3. The summed E-state index contributed by atoms with van der Waals surface area (Å²) in [5.41, 5.74) is -1.25. The minimum absolute atomic E-state index is 0.183. The van der Waals surface area contributed by atoms with Gasteiger partial charge in [-0.2, -0.15) is 5.26 Å². The molecule has 1 aromatic rings. The predicted molar refractivity (Wildman–Crippen MR) is 54.6 cm³/mol. The maximum absolute atomic E-state index is 12.1. The molecule has 0 amide bonds. The minimum Gasteiger partial charge on any atom is -0.465 e. The first kappa shape index (κ1) is 14.5. The lowest BCUT2D eigenvalue weighted by atomic mass is 10.0. The summed E-state index contributed by atoms with van der Waals surface area (Å²) < 4.78 is 44.2. The van der Waals surface area contributed by atoms with E-state index in [1.54, 1.807) is 0 Å². The quantitative estimate of drug-likeness (QED) is 0.622. The molecule has 0 fully saturated rings. The summed E-state index contributed by atoms with van der Waals surface area (Å²) in [6.07, 6.45) is -4.80. The molecule has 0 unspecified atom stereocenters.